The maximum Gasteiger partial charge on any atom is 0.412 e. The number of ketones is 1. The van der Waals surface area contributed by atoms with Crippen LogP contribution >= 0.6 is 31.9 Å². The Morgan fingerprint density at radius 2 is 1.82 bits per heavy atom. The SMILES string of the molecule is C#CCN1C=CC(=O)[C@@H](OC(=O)Nc2ccccc2Br)[C@H]1c1ccccc1Br. The lowest BCUT2D eigenvalue weighted by Crippen LogP contribution is -2.44. The van der Waals surface area contributed by atoms with Crippen LogP contribution in [0.25, 0.3) is 0 Å². The van der Waals surface area contributed by atoms with E-state index in [1.165, 1.54) is 6.08 Å². The van der Waals surface area contributed by atoms with Crippen LogP contribution in [-0.4, -0.2) is 29.4 Å². The zero-order valence-corrected chi connectivity index (χ0v) is 17.8. The molecule has 0 fully saturated rings. The van der Waals surface area contributed by atoms with Crippen molar-refractivity contribution in [2.45, 2.75) is 12.1 Å². The molecule has 0 aromatic heterocycles. The molecule has 2 aromatic carbocycles. The molecule has 0 spiro atoms. The number of anilines is 1. The zero-order valence-electron chi connectivity index (χ0n) is 14.6. The van der Waals surface area contributed by atoms with Gasteiger partial charge in [0, 0.05) is 21.2 Å². The summed E-state index contributed by atoms with van der Waals surface area (Å²) >= 11 is 6.88. The maximum atomic E-state index is 12.6. The second-order valence-electron chi connectivity index (χ2n) is 5.99. The molecular formula is C21H16Br2N2O3. The first kappa shape index (κ1) is 20.2. The lowest BCUT2D eigenvalue weighted by molar-refractivity contribution is -0.126. The number of hydrogen-bond donors (Lipinski definition) is 1. The molecule has 2 aromatic rings. The molecule has 0 radical (unpaired) electrons. The van der Waals surface area contributed by atoms with Crippen molar-refractivity contribution in [1.82, 2.24) is 4.90 Å². The minimum atomic E-state index is -1.04. The van der Waals surface area contributed by atoms with Crippen molar-refractivity contribution >= 4 is 49.4 Å². The van der Waals surface area contributed by atoms with Gasteiger partial charge in [-0.3, -0.25) is 10.1 Å². The Balaban J connectivity index is 1.89. The zero-order chi connectivity index (χ0) is 20.1. The molecular weight excluding hydrogens is 488 g/mol. The van der Waals surface area contributed by atoms with Crippen LogP contribution in [0.4, 0.5) is 10.5 Å². The van der Waals surface area contributed by atoms with Crippen molar-refractivity contribution in [3.63, 3.8) is 0 Å². The summed E-state index contributed by atoms with van der Waals surface area (Å²) in [6.07, 6.45) is 6.74. The van der Waals surface area contributed by atoms with Crippen molar-refractivity contribution in [3.05, 3.63) is 75.3 Å². The van der Waals surface area contributed by atoms with Crippen LogP contribution in [0.3, 0.4) is 0 Å². The Morgan fingerprint density at radius 1 is 1.14 bits per heavy atom. The second-order valence-corrected chi connectivity index (χ2v) is 7.70. The molecule has 0 saturated carbocycles. The van der Waals surface area contributed by atoms with Crippen LogP contribution in [0, 0.1) is 12.3 Å². The number of amides is 1. The van der Waals surface area contributed by atoms with Gasteiger partial charge in [-0.2, -0.15) is 0 Å². The second kappa shape index (κ2) is 9.09. The Hall–Kier alpha value is -2.56. The summed E-state index contributed by atoms with van der Waals surface area (Å²) in [6, 6.07) is 14.0. The van der Waals surface area contributed by atoms with Crippen LogP contribution in [0.2, 0.25) is 0 Å². The minimum Gasteiger partial charge on any atom is -0.435 e. The van der Waals surface area contributed by atoms with Crippen molar-refractivity contribution in [1.29, 1.82) is 0 Å². The number of nitrogens with zero attached hydrogens (tertiary/aromatic N) is 1. The fourth-order valence-corrected chi connectivity index (χ4v) is 3.84. The highest BCUT2D eigenvalue weighted by molar-refractivity contribution is 9.10. The monoisotopic (exact) mass is 502 g/mol. The van der Waals surface area contributed by atoms with E-state index < -0.39 is 18.2 Å². The topological polar surface area (TPSA) is 58.6 Å². The number of carbonyl (C=O) groups is 2. The number of halogens is 2. The van der Waals surface area contributed by atoms with Gasteiger partial charge < -0.3 is 9.64 Å². The van der Waals surface area contributed by atoms with Crippen molar-refractivity contribution in [2.75, 3.05) is 11.9 Å². The molecule has 1 aliphatic rings. The van der Waals surface area contributed by atoms with Gasteiger partial charge in [0.1, 0.15) is 6.04 Å². The van der Waals surface area contributed by atoms with Crippen LogP contribution in [-0.2, 0) is 9.53 Å². The third-order valence-electron chi connectivity index (χ3n) is 4.20. The number of terminal acetylenes is 1. The first-order valence-electron chi connectivity index (χ1n) is 8.39. The standard InChI is InChI=1S/C21H16Br2N2O3/c1-2-12-25-13-11-18(26)20(19(25)14-7-3-4-8-15(14)22)28-21(27)24-17-10-6-5-9-16(17)23/h1,3-11,13,19-20H,12H2,(H,24,27)/t19-,20-/m1/s1. The Labute approximate surface area is 180 Å². The molecule has 142 valence electrons. The van der Waals surface area contributed by atoms with Crippen LogP contribution in [0.5, 0.6) is 0 Å². The third kappa shape index (κ3) is 4.46. The summed E-state index contributed by atoms with van der Waals surface area (Å²) in [4.78, 5) is 26.9. The molecule has 5 nitrogen and oxygen atoms in total. The highest BCUT2D eigenvalue weighted by atomic mass is 79.9. The van der Waals surface area contributed by atoms with Gasteiger partial charge in [-0.15, -0.1) is 6.42 Å². The van der Waals surface area contributed by atoms with Gasteiger partial charge in [0.05, 0.1) is 12.2 Å². The number of para-hydroxylation sites is 1. The van der Waals surface area contributed by atoms with E-state index in [1.807, 2.05) is 30.3 Å². The molecule has 0 bridgehead atoms. The third-order valence-corrected chi connectivity index (χ3v) is 5.61. The van der Waals surface area contributed by atoms with E-state index in [1.54, 1.807) is 29.3 Å². The van der Waals surface area contributed by atoms with Crippen molar-refractivity contribution in [2.24, 2.45) is 0 Å². The van der Waals surface area contributed by atoms with E-state index in [0.29, 0.717) is 10.2 Å². The lowest BCUT2D eigenvalue weighted by atomic mass is 9.94. The van der Waals surface area contributed by atoms with Crippen molar-refractivity contribution in [3.8, 4) is 12.3 Å². The fourth-order valence-electron chi connectivity index (χ4n) is 2.94. The predicted molar refractivity (Wildman–Crippen MR) is 115 cm³/mol. The van der Waals surface area contributed by atoms with E-state index in [4.69, 9.17) is 11.2 Å². The molecule has 1 amide bonds. The number of ether oxygens (including phenoxy) is 1. The van der Waals surface area contributed by atoms with Gasteiger partial charge in [0.15, 0.2) is 11.9 Å². The summed E-state index contributed by atoms with van der Waals surface area (Å²) in [5.74, 6) is 2.27. The summed E-state index contributed by atoms with van der Waals surface area (Å²) in [7, 11) is 0. The first-order chi connectivity index (χ1) is 13.5. The van der Waals surface area contributed by atoms with E-state index in [2.05, 4.69) is 43.1 Å². The molecule has 2 atom stereocenters. The van der Waals surface area contributed by atoms with Gasteiger partial charge in [-0.25, -0.2) is 4.79 Å². The van der Waals surface area contributed by atoms with Gasteiger partial charge >= 0.3 is 6.09 Å². The van der Waals surface area contributed by atoms with Crippen LogP contribution in [0.15, 0.2) is 69.8 Å². The molecule has 1 N–H and O–H groups in total. The normalized spacial score (nSPS) is 18.5. The number of hydrogen-bond acceptors (Lipinski definition) is 4. The van der Waals surface area contributed by atoms with Gasteiger partial charge in [0.2, 0.25) is 0 Å². The minimum absolute atomic E-state index is 0.265. The maximum absolute atomic E-state index is 12.6. The number of carbonyl (C=O) groups excluding carboxylic acids is 2. The molecule has 7 heteroatoms. The van der Waals surface area contributed by atoms with Gasteiger partial charge in [-0.1, -0.05) is 52.2 Å². The summed E-state index contributed by atoms with van der Waals surface area (Å²) in [5, 5.41) is 2.66. The average Bonchev–Trinajstić information content (AvgIpc) is 2.67. The predicted octanol–water partition coefficient (Wildman–Crippen LogP) is 4.90. The lowest BCUT2D eigenvalue weighted by Gasteiger charge is -2.37. The van der Waals surface area contributed by atoms with E-state index >= 15 is 0 Å². The molecule has 1 aliphatic heterocycles. The molecule has 0 unspecified atom stereocenters. The Kier molecular flexibility index (Phi) is 6.55. The van der Waals surface area contributed by atoms with E-state index in [0.717, 1.165) is 10.0 Å². The van der Waals surface area contributed by atoms with Crippen LogP contribution in [0.1, 0.15) is 11.6 Å². The molecule has 1 heterocycles. The Bertz CT molecular complexity index is 968. The molecule has 3 rings (SSSR count). The molecule has 28 heavy (non-hydrogen) atoms. The number of rotatable bonds is 4. The first-order valence-corrected chi connectivity index (χ1v) is 9.97. The van der Waals surface area contributed by atoms with Crippen molar-refractivity contribution < 1.29 is 14.3 Å². The quantitative estimate of drug-likeness (QED) is 0.603. The number of benzene rings is 2. The average molecular weight is 504 g/mol. The van der Waals surface area contributed by atoms with Gasteiger partial charge in [0.25, 0.3) is 0 Å². The van der Waals surface area contributed by atoms with E-state index in [-0.39, 0.29) is 12.3 Å². The summed E-state index contributed by atoms with van der Waals surface area (Å²) in [5.41, 5.74) is 1.35. The largest absolute Gasteiger partial charge is 0.435 e. The Morgan fingerprint density at radius 3 is 2.50 bits per heavy atom. The van der Waals surface area contributed by atoms with E-state index in [9.17, 15) is 9.59 Å². The van der Waals surface area contributed by atoms with Crippen LogP contribution < -0.4 is 5.32 Å². The van der Waals surface area contributed by atoms with Gasteiger partial charge in [-0.05, 0) is 39.7 Å². The molecule has 0 aliphatic carbocycles. The highest BCUT2D eigenvalue weighted by Gasteiger charge is 2.38. The summed E-state index contributed by atoms with van der Waals surface area (Å²) < 4.78 is 7.06. The fraction of sp³-hybridized carbons (Fsp3) is 0.143. The highest BCUT2D eigenvalue weighted by Crippen LogP contribution is 2.35. The number of nitrogens with one attached hydrogen (secondary N) is 1. The molecule has 0 saturated heterocycles. The smallest absolute Gasteiger partial charge is 0.412 e. The summed E-state index contributed by atoms with van der Waals surface area (Å²) in [6.45, 7) is 0.265.